The number of hydrogen-bond donors (Lipinski definition) is 2. The Morgan fingerprint density at radius 2 is 1.95 bits per heavy atom. The molecule has 0 radical (unpaired) electrons. The molecule has 0 amide bonds. The average molecular weight is 324 g/mol. The maximum Gasteiger partial charge on any atom is 0.336 e. The second-order valence-electron chi connectivity index (χ2n) is 3.91. The number of nitrogens with one attached hydrogen (secondary N) is 1. The van der Waals surface area contributed by atoms with E-state index in [4.69, 9.17) is 5.11 Å². The Bertz CT molecular complexity index is 596. The summed E-state index contributed by atoms with van der Waals surface area (Å²) in [4.78, 5) is 11.1. The number of carbonyl (C=O) groups is 1. The van der Waals surface area contributed by atoms with Gasteiger partial charge in [-0.1, -0.05) is 24.3 Å². The minimum Gasteiger partial charge on any atom is -0.478 e. The number of halogens is 2. The molecule has 0 aliphatic carbocycles. The van der Waals surface area contributed by atoms with Gasteiger partial charge in [0, 0.05) is 11.0 Å². The molecule has 0 heterocycles. The van der Waals surface area contributed by atoms with Gasteiger partial charge in [0.15, 0.2) is 0 Å². The first-order chi connectivity index (χ1) is 9.09. The van der Waals surface area contributed by atoms with Gasteiger partial charge in [0.2, 0.25) is 0 Å². The summed E-state index contributed by atoms with van der Waals surface area (Å²) in [6.45, 7) is 0.238. The number of benzene rings is 2. The zero-order valence-corrected chi connectivity index (χ0v) is 11.4. The molecule has 0 spiro atoms. The summed E-state index contributed by atoms with van der Waals surface area (Å²) in [5.41, 5.74) is 1.13. The minimum absolute atomic E-state index is 0.211. The van der Waals surface area contributed by atoms with Gasteiger partial charge in [-0.2, -0.15) is 0 Å². The smallest absolute Gasteiger partial charge is 0.336 e. The zero-order valence-electron chi connectivity index (χ0n) is 9.86. The number of rotatable bonds is 4. The average Bonchev–Trinajstić information content (AvgIpc) is 2.38. The van der Waals surface area contributed by atoms with Crippen molar-refractivity contribution in [1.82, 2.24) is 0 Å². The van der Waals surface area contributed by atoms with Crippen molar-refractivity contribution in [2.75, 3.05) is 5.32 Å². The standard InChI is InChI=1S/C14H11BrFNO2/c15-11-6-3-7-12(16)13(11)17-8-9-4-1-2-5-10(9)14(18)19/h1-7,17H,8H2,(H,18,19). The maximum absolute atomic E-state index is 13.6. The normalized spacial score (nSPS) is 10.2. The van der Waals surface area contributed by atoms with E-state index in [1.54, 1.807) is 30.3 Å². The van der Waals surface area contributed by atoms with Crippen LogP contribution in [0.3, 0.4) is 0 Å². The van der Waals surface area contributed by atoms with E-state index in [1.807, 2.05) is 0 Å². The third-order valence-corrected chi connectivity index (χ3v) is 3.33. The van der Waals surface area contributed by atoms with E-state index in [-0.39, 0.29) is 17.9 Å². The fraction of sp³-hybridized carbons (Fsp3) is 0.0714. The van der Waals surface area contributed by atoms with Crippen LogP contribution in [-0.4, -0.2) is 11.1 Å². The first-order valence-electron chi connectivity index (χ1n) is 5.58. The molecule has 2 aromatic rings. The molecule has 19 heavy (non-hydrogen) atoms. The van der Waals surface area contributed by atoms with Crippen molar-refractivity contribution in [1.29, 1.82) is 0 Å². The summed E-state index contributed by atoms with van der Waals surface area (Å²) in [7, 11) is 0. The van der Waals surface area contributed by atoms with Gasteiger partial charge in [0.05, 0.1) is 11.3 Å². The highest BCUT2D eigenvalue weighted by Crippen LogP contribution is 2.26. The van der Waals surface area contributed by atoms with Crippen LogP contribution in [0.5, 0.6) is 0 Å². The van der Waals surface area contributed by atoms with Crippen LogP contribution in [0, 0.1) is 5.82 Å². The molecule has 5 heteroatoms. The van der Waals surface area contributed by atoms with Gasteiger partial charge in [0.1, 0.15) is 5.82 Å². The Morgan fingerprint density at radius 3 is 2.63 bits per heavy atom. The van der Waals surface area contributed by atoms with Crippen LogP contribution in [0.4, 0.5) is 10.1 Å². The summed E-state index contributed by atoms with van der Waals surface area (Å²) in [6, 6.07) is 11.3. The van der Waals surface area contributed by atoms with E-state index in [0.29, 0.717) is 15.7 Å². The molecule has 0 unspecified atom stereocenters. The second-order valence-corrected chi connectivity index (χ2v) is 4.77. The van der Waals surface area contributed by atoms with E-state index in [9.17, 15) is 9.18 Å². The first-order valence-corrected chi connectivity index (χ1v) is 6.38. The van der Waals surface area contributed by atoms with Crippen molar-refractivity contribution in [2.24, 2.45) is 0 Å². The lowest BCUT2D eigenvalue weighted by molar-refractivity contribution is 0.0696. The molecule has 2 N–H and O–H groups in total. The second kappa shape index (κ2) is 5.84. The van der Waals surface area contributed by atoms with Crippen molar-refractivity contribution in [2.45, 2.75) is 6.54 Å². The van der Waals surface area contributed by atoms with Crippen molar-refractivity contribution >= 4 is 27.6 Å². The lowest BCUT2D eigenvalue weighted by atomic mass is 10.1. The molecule has 0 aromatic heterocycles. The number of anilines is 1. The molecule has 2 rings (SSSR count). The monoisotopic (exact) mass is 323 g/mol. The summed E-state index contributed by atoms with van der Waals surface area (Å²) in [6.07, 6.45) is 0. The van der Waals surface area contributed by atoms with Gasteiger partial charge in [-0.15, -0.1) is 0 Å². The number of carboxylic acids is 1. The SMILES string of the molecule is O=C(O)c1ccccc1CNc1c(F)cccc1Br. The topological polar surface area (TPSA) is 49.3 Å². The highest BCUT2D eigenvalue weighted by molar-refractivity contribution is 9.10. The highest BCUT2D eigenvalue weighted by atomic mass is 79.9. The Morgan fingerprint density at radius 1 is 1.21 bits per heavy atom. The Labute approximate surface area is 118 Å². The van der Waals surface area contributed by atoms with Crippen LogP contribution in [0.25, 0.3) is 0 Å². The van der Waals surface area contributed by atoms with Crippen LogP contribution in [0.15, 0.2) is 46.9 Å². The van der Waals surface area contributed by atoms with Gasteiger partial charge in [0.25, 0.3) is 0 Å². The molecule has 2 aromatic carbocycles. The van der Waals surface area contributed by atoms with Gasteiger partial charge < -0.3 is 10.4 Å². The molecule has 3 nitrogen and oxygen atoms in total. The highest BCUT2D eigenvalue weighted by Gasteiger charge is 2.10. The van der Waals surface area contributed by atoms with Crippen molar-refractivity contribution in [3.63, 3.8) is 0 Å². The predicted octanol–water partition coefficient (Wildman–Crippen LogP) is 3.90. The molecular weight excluding hydrogens is 313 g/mol. The van der Waals surface area contributed by atoms with Crippen molar-refractivity contribution in [3.8, 4) is 0 Å². The minimum atomic E-state index is -0.995. The largest absolute Gasteiger partial charge is 0.478 e. The number of hydrogen-bond acceptors (Lipinski definition) is 2. The van der Waals surface area contributed by atoms with Crippen molar-refractivity contribution < 1.29 is 14.3 Å². The van der Waals surface area contributed by atoms with E-state index in [2.05, 4.69) is 21.2 Å². The summed E-state index contributed by atoms with van der Waals surface area (Å²) in [5, 5.41) is 12.0. The molecule has 0 aliphatic heterocycles. The third-order valence-electron chi connectivity index (χ3n) is 2.67. The van der Waals surface area contributed by atoms with Crippen molar-refractivity contribution in [3.05, 3.63) is 63.9 Å². The van der Waals surface area contributed by atoms with Gasteiger partial charge in [-0.3, -0.25) is 0 Å². The molecule has 0 bridgehead atoms. The molecular formula is C14H11BrFNO2. The lowest BCUT2D eigenvalue weighted by Crippen LogP contribution is -2.08. The van der Waals surface area contributed by atoms with Gasteiger partial charge in [-0.25, -0.2) is 9.18 Å². The summed E-state index contributed by atoms with van der Waals surface area (Å²) >= 11 is 3.25. The molecule has 0 saturated heterocycles. The fourth-order valence-corrected chi connectivity index (χ4v) is 2.22. The lowest BCUT2D eigenvalue weighted by Gasteiger charge is -2.11. The van der Waals surface area contributed by atoms with Crippen LogP contribution in [0.1, 0.15) is 15.9 Å². The van der Waals surface area contributed by atoms with Gasteiger partial charge >= 0.3 is 5.97 Å². The van der Waals surface area contributed by atoms with Crippen LogP contribution in [-0.2, 0) is 6.54 Å². The molecule has 98 valence electrons. The molecule has 0 aliphatic rings. The Balaban J connectivity index is 2.22. The summed E-state index contributed by atoms with van der Waals surface area (Å²) in [5.74, 6) is -1.38. The Kier molecular flexibility index (Phi) is 4.16. The number of para-hydroxylation sites is 1. The van der Waals surface area contributed by atoms with E-state index >= 15 is 0 Å². The van der Waals surface area contributed by atoms with Crippen LogP contribution < -0.4 is 5.32 Å². The maximum atomic E-state index is 13.6. The third kappa shape index (κ3) is 3.12. The van der Waals surface area contributed by atoms with Gasteiger partial charge in [-0.05, 0) is 39.7 Å². The predicted molar refractivity (Wildman–Crippen MR) is 74.8 cm³/mol. The Hall–Kier alpha value is -1.88. The molecule has 0 atom stereocenters. The van der Waals surface area contributed by atoms with E-state index in [1.165, 1.54) is 12.1 Å². The van der Waals surface area contributed by atoms with Crippen LogP contribution in [0.2, 0.25) is 0 Å². The quantitative estimate of drug-likeness (QED) is 0.897. The number of aromatic carboxylic acids is 1. The molecule has 0 fully saturated rings. The first kappa shape index (κ1) is 13.5. The van der Waals surface area contributed by atoms with E-state index < -0.39 is 5.97 Å². The molecule has 0 saturated carbocycles. The van der Waals surface area contributed by atoms with Crippen LogP contribution >= 0.6 is 15.9 Å². The summed E-state index contributed by atoms with van der Waals surface area (Å²) < 4.78 is 14.2. The van der Waals surface area contributed by atoms with E-state index in [0.717, 1.165) is 0 Å². The zero-order chi connectivity index (χ0) is 13.8. The number of carboxylic acid groups (broad SMARTS) is 1. The fourth-order valence-electron chi connectivity index (χ4n) is 1.73.